The second kappa shape index (κ2) is 5.15. The molecule has 0 bridgehead atoms. The molecule has 1 saturated heterocycles. The number of hydrogen-bond acceptors (Lipinski definition) is 4. The number of amides is 1. The molecule has 18 heavy (non-hydrogen) atoms. The molecule has 1 aliphatic heterocycles. The van der Waals surface area contributed by atoms with E-state index in [0.717, 1.165) is 6.42 Å². The fourth-order valence-electron chi connectivity index (χ4n) is 2.80. The van der Waals surface area contributed by atoms with Gasteiger partial charge in [0.15, 0.2) is 0 Å². The van der Waals surface area contributed by atoms with Crippen LogP contribution in [-0.4, -0.2) is 48.5 Å². The third-order valence-electron chi connectivity index (χ3n) is 4.29. The van der Waals surface area contributed by atoms with Crippen molar-refractivity contribution in [2.75, 3.05) is 13.2 Å². The van der Waals surface area contributed by atoms with Gasteiger partial charge in [0.1, 0.15) is 0 Å². The summed E-state index contributed by atoms with van der Waals surface area (Å²) < 4.78 is 5.64. The van der Waals surface area contributed by atoms with Crippen molar-refractivity contribution in [2.45, 2.75) is 57.9 Å². The Hall–Kier alpha value is -0.650. The smallest absolute Gasteiger partial charge is 0.237 e. The van der Waals surface area contributed by atoms with E-state index < -0.39 is 6.10 Å². The van der Waals surface area contributed by atoms with Crippen molar-refractivity contribution in [1.82, 2.24) is 10.6 Å². The number of nitrogens with one attached hydrogen (secondary N) is 2. The highest BCUT2D eigenvalue weighted by Crippen LogP contribution is 2.42. The highest BCUT2D eigenvalue weighted by molar-refractivity contribution is 5.82. The van der Waals surface area contributed by atoms with Crippen LogP contribution in [-0.2, 0) is 9.53 Å². The summed E-state index contributed by atoms with van der Waals surface area (Å²) >= 11 is 0. The average molecular weight is 256 g/mol. The predicted molar refractivity (Wildman–Crippen MR) is 68.2 cm³/mol. The van der Waals surface area contributed by atoms with E-state index in [0.29, 0.717) is 19.6 Å². The van der Waals surface area contributed by atoms with Crippen molar-refractivity contribution in [3.05, 3.63) is 0 Å². The normalized spacial score (nSPS) is 38.2. The Balaban J connectivity index is 1.82. The molecule has 0 aromatic heterocycles. The quantitative estimate of drug-likeness (QED) is 0.663. The maximum atomic E-state index is 12.0. The third kappa shape index (κ3) is 2.53. The lowest BCUT2D eigenvalue weighted by atomic mass is 9.64. The standard InChI is InChI=1S/C13H24N2O3/c1-4-18-11-6-10(13(11,2)3)15-12(17)9-5-8(16)7-14-9/h8-11,14,16H,4-7H2,1-3H3,(H,15,17). The predicted octanol–water partition coefficient (Wildman–Crippen LogP) is 0.0290. The van der Waals surface area contributed by atoms with Crippen LogP contribution in [0.2, 0.25) is 0 Å². The van der Waals surface area contributed by atoms with Crippen molar-refractivity contribution in [3.63, 3.8) is 0 Å². The number of rotatable bonds is 4. The van der Waals surface area contributed by atoms with Crippen molar-refractivity contribution in [1.29, 1.82) is 0 Å². The molecular formula is C13H24N2O3. The van der Waals surface area contributed by atoms with Crippen LogP contribution >= 0.6 is 0 Å². The fourth-order valence-corrected chi connectivity index (χ4v) is 2.80. The molecule has 5 nitrogen and oxygen atoms in total. The van der Waals surface area contributed by atoms with Gasteiger partial charge in [-0.15, -0.1) is 0 Å². The van der Waals surface area contributed by atoms with E-state index in [1.165, 1.54) is 0 Å². The van der Waals surface area contributed by atoms with Gasteiger partial charge in [0.25, 0.3) is 0 Å². The molecule has 104 valence electrons. The van der Waals surface area contributed by atoms with Gasteiger partial charge in [-0.25, -0.2) is 0 Å². The van der Waals surface area contributed by atoms with Gasteiger partial charge in [-0.2, -0.15) is 0 Å². The molecule has 0 spiro atoms. The minimum Gasteiger partial charge on any atom is -0.392 e. The van der Waals surface area contributed by atoms with Gasteiger partial charge >= 0.3 is 0 Å². The van der Waals surface area contributed by atoms with Gasteiger partial charge in [-0.3, -0.25) is 4.79 Å². The number of hydrogen-bond donors (Lipinski definition) is 3. The van der Waals surface area contributed by atoms with Gasteiger partial charge < -0.3 is 20.5 Å². The Labute approximate surface area is 108 Å². The molecular weight excluding hydrogens is 232 g/mol. The molecule has 2 fully saturated rings. The van der Waals surface area contributed by atoms with Crippen LogP contribution in [0.4, 0.5) is 0 Å². The second-order valence-electron chi connectivity index (χ2n) is 5.91. The first kappa shape index (κ1) is 13.8. The van der Waals surface area contributed by atoms with Gasteiger partial charge in [0.2, 0.25) is 5.91 Å². The Morgan fingerprint density at radius 3 is 2.72 bits per heavy atom. The first-order valence-electron chi connectivity index (χ1n) is 6.78. The van der Waals surface area contributed by atoms with Gasteiger partial charge in [0.05, 0.1) is 18.2 Å². The molecule has 2 rings (SSSR count). The SMILES string of the molecule is CCOC1CC(NC(=O)C2CC(O)CN2)C1(C)C. The summed E-state index contributed by atoms with van der Waals surface area (Å²) in [4.78, 5) is 12.0. The van der Waals surface area contributed by atoms with E-state index in [4.69, 9.17) is 4.74 Å². The molecule has 2 aliphatic rings. The number of aliphatic hydroxyl groups is 1. The maximum Gasteiger partial charge on any atom is 0.237 e. The minimum absolute atomic E-state index is 0.000395. The minimum atomic E-state index is -0.397. The van der Waals surface area contributed by atoms with Gasteiger partial charge in [-0.1, -0.05) is 13.8 Å². The van der Waals surface area contributed by atoms with E-state index in [1.807, 2.05) is 6.92 Å². The van der Waals surface area contributed by atoms with Gasteiger partial charge in [-0.05, 0) is 19.8 Å². The summed E-state index contributed by atoms with van der Waals surface area (Å²) in [5, 5.41) is 15.5. The maximum absolute atomic E-state index is 12.0. The number of β-amino-alcohol motifs (C(OH)–C–C–N with tert-alkyl or cyclic N) is 1. The summed E-state index contributed by atoms with van der Waals surface area (Å²) in [5.74, 6) is -0.000395. The average Bonchev–Trinajstić information content (AvgIpc) is 2.74. The van der Waals surface area contributed by atoms with Crippen molar-refractivity contribution in [2.24, 2.45) is 5.41 Å². The van der Waals surface area contributed by atoms with E-state index >= 15 is 0 Å². The zero-order chi connectivity index (χ0) is 13.3. The van der Waals surface area contributed by atoms with Crippen LogP contribution in [0.25, 0.3) is 0 Å². The van der Waals surface area contributed by atoms with E-state index in [9.17, 15) is 9.90 Å². The zero-order valence-electron chi connectivity index (χ0n) is 11.4. The molecule has 0 aromatic carbocycles. The molecule has 1 amide bonds. The molecule has 1 saturated carbocycles. The Morgan fingerprint density at radius 2 is 2.22 bits per heavy atom. The van der Waals surface area contributed by atoms with E-state index in [1.54, 1.807) is 0 Å². The van der Waals surface area contributed by atoms with Crippen molar-refractivity contribution in [3.8, 4) is 0 Å². The number of ether oxygens (including phenoxy) is 1. The van der Waals surface area contributed by atoms with Crippen LogP contribution in [0.5, 0.6) is 0 Å². The second-order valence-corrected chi connectivity index (χ2v) is 5.91. The van der Waals surface area contributed by atoms with Crippen LogP contribution in [0.1, 0.15) is 33.6 Å². The van der Waals surface area contributed by atoms with Crippen LogP contribution in [0.3, 0.4) is 0 Å². The summed E-state index contributed by atoms with van der Waals surface area (Å²) in [6.45, 7) is 7.46. The zero-order valence-corrected chi connectivity index (χ0v) is 11.4. The Bertz CT molecular complexity index is 319. The lowest BCUT2D eigenvalue weighted by molar-refractivity contribution is -0.138. The molecule has 4 atom stereocenters. The first-order chi connectivity index (χ1) is 8.45. The molecule has 0 aromatic rings. The largest absolute Gasteiger partial charge is 0.392 e. The van der Waals surface area contributed by atoms with Crippen molar-refractivity contribution >= 4 is 5.91 Å². The highest BCUT2D eigenvalue weighted by Gasteiger charge is 2.50. The molecule has 1 heterocycles. The Morgan fingerprint density at radius 1 is 1.50 bits per heavy atom. The Kier molecular flexibility index (Phi) is 3.94. The van der Waals surface area contributed by atoms with Gasteiger partial charge in [0, 0.05) is 24.6 Å². The monoisotopic (exact) mass is 256 g/mol. The summed E-state index contributed by atoms with van der Waals surface area (Å²) in [5.41, 5.74) is -0.0110. The summed E-state index contributed by atoms with van der Waals surface area (Å²) in [6.07, 6.45) is 1.22. The topological polar surface area (TPSA) is 70.6 Å². The van der Waals surface area contributed by atoms with Crippen LogP contribution < -0.4 is 10.6 Å². The lowest BCUT2D eigenvalue weighted by Gasteiger charge is -2.51. The molecule has 4 unspecified atom stereocenters. The third-order valence-corrected chi connectivity index (χ3v) is 4.29. The highest BCUT2D eigenvalue weighted by atomic mass is 16.5. The lowest BCUT2D eigenvalue weighted by Crippen LogP contribution is -2.63. The van der Waals surface area contributed by atoms with Crippen LogP contribution in [0, 0.1) is 5.41 Å². The fraction of sp³-hybridized carbons (Fsp3) is 0.923. The van der Waals surface area contributed by atoms with E-state index in [-0.39, 0.29) is 29.5 Å². The molecule has 0 radical (unpaired) electrons. The molecule has 3 N–H and O–H groups in total. The summed E-state index contributed by atoms with van der Waals surface area (Å²) in [6, 6.07) is -0.0805. The molecule has 1 aliphatic carbocycles. The van der Waals surface area contributed by atoms with Crippen LogP contribution in [0.15, 0.2) is 0 Å². The summed E-state index contributed by atoms with van der Waals surface area (Å²) in [7, 11) is 0. The molecule has 5 heteroatoms. The number of carbonyl (C=O) groups is 1. The van der Waals surface area contributed by atoms with E-state index in [2.05, 4.69) is 24.5 Å². The number of carbonyl (C=O) groups excluding carboxylic acids is 1. The van der Waals surface area contributed by atoms with Crippen molar-refractivity contribution < 1.29 is 14.6 Å². The first-order valence-corrected chi connectivity index (χ1v) is 6.78. The number of aliphatic hydroxyl groups excluding tert-OH is 1.